The maximum atomic E-state index is 14.7. The van der Waals surface area contributed by atoms with E-state index in [1.807, 2.05) is 0 Å². The van der Waals surface area contributed by atoms with Crippen LogP contribution in [-0.2, 0) is 14.3 Å². The van der Waals surface area contributed by atoms with E-state index in [4.69, 9.17) is 4.74 Å². The molecule has 2 fully saturated rings. The SMILES string of the molecule is COC(=O)C1=C(CN2CCN(C(=O)N(C)C3CC3)CC2C(=O)O)NC(c2nccs2)=NC1c1ccc(F)c(F)c1C. The molecular weight excluding hydrogens is 558 g/mol. The van der Waals surface area contributed by atoms with E-state index in [0.29, 0.717) is 23.1 Å². The molecule has 1 saturated heterocycles. The van der Waals surface area contributed by atoms with Gasteiger partial charge in [0.05, 0.1) is 12.7 Å². The Morgan fingerprint density at radius 1 is 1.24 bits per heavy atom. The van der Waals surface area contributed by atoms with Gasteiger partial charge in [0.15, 0.2) is 22.5 Å². The number of carbonyl (C=O) groups is 3. The van der Waals surface area contributed by atoms with Crippen molar-refractivity contribution < 1.29 is 33.0 Å². The Balaban J connectivity index is 1.52. The van der Waals surface area contributed by atoms with Gasteiger partial charge in [-0.25, -0.2) is 23.4 Å². The number of nitrogens with zero attached hydrogens (tertiary/aromatic N) is 5. The molecule has 1 aromatic carbocycles. The van der Waals surface area contributed by atoms with Crippen molar-refractivity contribution in [2.75, 3.05) is 40.3 Å². The lowest BCUT2D eigenvalue weighted by Crippen LogP contribution is -2.60. The van der Waals surface area contributed by atoms with Gasteiger partial charge in [-0.15, -0.1) is 11.3 Å². The smallest absolute Gasteiger partial charge is 0.338 e. The lowest BCUT2D eigenvalue weighted by molar-refractivity contribution is -0.145. The minimum Gasteiger partial charge on any atom is -0.480 e. The van der Waals surface area contributed by atoms with Crippen molar-refractivity contribution in [3.63, 3.8) is 0 Å². The number of hydrogen-bond acceptors (Lipinski definition) is 9. The van der Waals surface area contributed by atoms with E-state index in [1.165, 1.54) is 36.3 Å². The highest BCUT2D eigenvalue weighted by molar-refractivity contribution is 7.11. The summed E-state index contributed by atoms with van der Waals surface area (Å²) in [7, 11) is 2.92. The number of halogens is 2. The van der Waals surface area contributed by atoms with Crippen molar-refractivity contribution in [1.82, 2.24) is 25.0 Å². The van der Waals surface area contributed by atoms with Crippen LogP contribution in [0.1, 0.15) is 35.0 Å². The number of piperazine rings is 1. The van der Waals surface area contributed by atoms with Gasteiger partial charge in [0.1, 0.15) is 12.1 Å². The first-order valence-electron chi connectivity index (χ1n) is 13.1. The zero-order chi connectivity index (χ0) is 29.4. The Labute approximate surface area is 239 Å². The number of aliphatic imine (C=N–C) groups is 1. The van der Waals surface area contributed by atoms with Crippen LogP contribution in [0.25, 0.3) is 0 Å². The van der Waals surface area contributed by atoms with E-state index in [2.05, 4.69) is 15.3 Å². The number of thiazole rings is 1. The third-order valence-electron chi connectivity index (χ3n) is 7.65. The minimum absolute atomic E-state index is 0.0183. The summed E-state index contributed by atoms with van der Waals surface area (Å²) in [6.07, 6.45) is 3.45. The number of aromatic nitrogens is 1. The molecule has 2 aromatic rings. The van der Waals surface area contributed by atoms with Gasteiger partial charge in [0.25, 0.3) is 0 Å². The zero-order valence-electron chi connectivity index (χ0n) is 22.8. The molecule has 1 aromatic heterocycles. The second kappa shape index (κ2) is 11.5. The number of amidine groups is 1. The molecule has 14 heteroatoms. The number of carboxylic acids is 1. The predicted octanol–water partition coefficient (Wildman–Crippen LogP) is 2.53. The Bertz CT molecular complexity index is 1430. The van der Waals surface area contributed by atoms with Gasteiger partial charge in [-0.1, -0.05) is 6.07 Å². The quantitative estimate of drug-likeness (QED) is 0.473. The summed E-state index contributed by atoms with van der Waals surface area (Å²) in [6.45, 7) is 1.84. The van der Waals surface area contributed by atoms with Crippen LogP contribution in [0.5, 0.6) is 0 Å². The van der Waals surface area contributed by atoms with Gasteiger partial charge in [0.2, 0.25) is 0 Å². The topological polar surface area (TPSA) is 128 Å². The predicted molar refractivity (Wildman–Crippen MR) is 145 cm³/mol. The molecule has 1 saturated carbocycles. The molecule has 1 aliphatic carbocycles. The van der Waals surface area contributed by atoms with Crippen LogP contribution in [0.4, 0.5) is 13.6 Å². The molecule has 2 N–H and O–H groups in total. The van der Waals surface area contributed by atoms with Gasteiger partial charge < -0.3 is 25.0 Å². The summed E-state index contributed by atoms with van der Waals surface area (Å²) in [5.41, 5.74) is 0.575. The molecule has 2 unspecified atom stereocenters. The molecule has 0 spiro atoms. The van der Waals surface area contributed by atoms with Crippen LogP contribution in [0, 0.1) is 18.6 Å². The molecular formula is C27H30F2N6O5S. The standard InChI is InChI=1S/C27H30F2N6O5S/c1-14-16(6-7-17(28)21(14)29)22-20(26(38)40-3)18(31-23(32-22)24-30-8-11-41-24)12-34-9-10-35(13-19(34)25(36)37)27(39)33(2)15-4-5-15/h6-8,11,15,19,22H,4-5,9-10,12-13H2,1-3H3,(H,31,32)(H,36,37). The van der Waals surface area contributed by atoms with Gasteiger partial charge in [-0.05, 0) is 37.0 Å². The molecule has 0 radical (unpaired) electrons. The Kier molecular flexibility index (Phi) is 8.04. The average Bonchev–Trinajstić information content (AvgIpc) is 3.67. The molecule has 2 atom stereocenters. The van der Waals surface area contributed by atoms with E-state index in [0.717, 1.165) is 18.9 Å². The normalized spacial score (nSPS) is 21.3. The van der Waals surface area contributed by atoms with Crippen LogP contribution in [0.3, 0.4) is 0 Å². The molecule has 2 amide bonds. The Morgan fingerprint density at radius 2 is 2.00 bits per heavy atom. The fourth-order valence-electron chi connectivity index (χ4n) is 5.17. The van der Waals surface area contributed by atoms with E-state index in [1.54, 1.807) is 28.4 Å². The summed E-state index contributed by atoms with van der Waals surface area (Å²) < 4.78 is 33.7. The molecule has 41 heavy (non-hydrogen) atoms. The molecule has 0 bridgehead atoms. The fraction of sp³-hybridized carbons (Fsp3) is 0.444. The van der Waals surface area contributed by atoms with E-state index in [9.17, 15) is 28.3 Å². The lowest BCUT2D eigenvalue weighted by Gasteiger charge is -2.41. The molecule has 11 nitrogen and oxygen atoms in total. The van der Waals surface area contributed by atoms with Crippen molar-refractivity contribution in [3.8, 4) is 0 Å². The number of amides is 2. The first kappa shape index (κ1) is 28.6. The largest absolute Gasteiger partial charge is 0.480 e. The molecule has 218 valence electrons. The number of carbonyl (C=O) groups excluding carboxylic acids is 2. The summed E-state index contributed by atoms with van der Waals surface area (Å²) in [5, 5.41) is 15.5. The summed E-state index contributed by atoms with van der Waals surface area (Å²) >= 11 is 1.29. The van der Waals surface area contributed by atoms with Gasteiger partial charge in [0, 0.05) is 56.5 Å². The number of nitrogens with one attached hydrogen (secondary N) is 1. The summed E-state index contributed by atoms with van der Waals surface area (Å²) in [4.78, 5) is 52.4. The molecule has 3 heterocycles. The number of benzene rings is 1. The van der Waals surface area contributed by atoms with Crippen LogP contribution in [0.15, 0.2) is 40.0 Å². The van der Waals surface area contributed by atoms with E-state index >= 15 is 0 Å². The number of methoxy groups -OCH3 is 1. The number of ether oxygens (including phenoxy) is 1. The van der Waals surface area contributed by atoms with E-state index < -0.39 is 35.7 Å². The number of hydrogen-bond donors (Lipinski definition) is 2. The fourth-order valence-corrected chi connectivity index (χ4v) is 5.76. The third-order valence-corrected chi connectivity index (χ3v) is 8.43. The summed E-state index contributed by atoms with van der Waals surface area (Å²) in [6, 6.07) is 0.181. The van der Waals surface area contributed by atoms with Crippen molar-refractivity contribution in [1.29, 1.82) is 0 Å². The Hall–Kier alpha value is -3.91. The number of carboxylic acid groups (broad SMARTS) is 1. The van der Waals surface area contributed by atoms with Crippen LogP contribution in [-0.4, -0.2) is 101 Å². The Morgan fingerprint density at radius 3 is 2.63 bits per heavy atom. The highest BCUT2D eigenvalue weighted by atomic mass is 32.1. The highest BCUT2D eigenvalue weighted by Crippen LogP contribution is 2.36. The lowest BCUT2D eigenvalue weighted by atomic mass is 9.91. The van der Waals surface area contributed by atoms with E-state index in [-0.39, 0.29) is 48.4 Å². The molecule has 3 aliphatic rings. The number of esters is 1. The van der Waals surface area contributed by atoms with Crippen molar-refractivity contribution in [3.05, 3.63) is 62.7 Å². The molecule has 5 rings (SSSR count). The maximum Gasteiger partial charge on any atom is 0.338 e. The monoisotopic (exact) mass is 588 g/mol. The van der Waals surface area contributed by atoms with Crippen LogP contribution in [0.2, 0.25) is 0 Å². The maximum absolute atomic E-state index is 14.7. The van der Waals surface area contributed by atoms with Crippen LogP contribution >= 0.6 is 11.3 Å². The minimum atomic E-state index is -1.12. The first-order valence-corrected chi connectivity index (χ1v) is 14.0. The second-order valence-corrected chi connectivity index (χ2v) is 11.1. The number of aliphatic carboxylic acids is 1. The highest BCUT2D eigenvalue weighted by Gasteiger charge is 2.40. The van der Waals surface area contributed by atoms with Gasteiger partial charge >= 0.3 is 18.0 Å². The first-order chi connectivity index (χ1) is 19.6. The molecule has 2 aliphatic heterocycles. The van der Waals surface area contributed by atoms with Crippen molar-refractivity contribution in [2.24, 2.45) is 4.99 Å². The summed E-state index contributed by atoms with van der Waals surface area (Å²) in [5.74, 6) is -3.66. The second-order valence-electron chi connectivity index (χ2n) is 10.2. The van der Waals surface area contributed by atoms with Crippen LogP contribution < -0.4 is 5.32 Å². The van der Waals surface area contributed by atoms with Gasteiger partial charge in [-0.3, -0.25) is 14.7 Å². The van der Waals surface area contributed by atoms with Gasteiger partial charge in [-0.2, -0.15) is 0 Å². The third kappa shape index (κ3) is 5.66. The number of urea groups is 1. The van der Waals surface area contributed by atoms with Crippen molar-refractivity contribution in [2.45, 2.75) is 37.9 Å². The number of rotatable bonds is 7. The average molecular weight is 589 g/mol. The van der Waals surface area contributed by atoms with Crippen molar-refractivity contribution >= 4 is 35.1 Å². The zero-order valence-corrected chi connectivity index (χ0v) is 23.6.